The second kappa shape index (κ2) is 8.70. The summed E-state index contributed by atoms with van der Waals surface area (Å²) in [5, 5.41) is 0. The van der Waals surface area contributed by atoms with Gasteiger partial charge in [0.25, 0.3) is 0 Å². The van der Waals surface area contributed by atoms with Gasteiger partial charge >= 0.3 is 11.9 Å². The summed E-state index contributed by atoms with van der Waals surface area (Å²) in [5.74, 6) is 1.45. The predicted molar refractivity (Wildman–Crippen MR) is 104 cm³/mol. The molecule has 1 N–H and O–H groups in total. The topological polar surface area (TPSA) is 73.9 Å². The van der Waals surface area contributed by atoms with Crippen molar-refractivity contribution >= 4 is 24.6 Å². The third-order valence-corrected chi connectivity index (χ3v) is 6.65. The first-order chi connectivity index (χ1) is 12.8. The molecular formula is C20H33NO5S. The van der Waals surface area contributed by atoms with Gasteiger partial charge in [0, 0.05) is 5.75 Å². The molecule has 4 aliphatic rings. The maximum atomic E-state index is 12.4. The maximum Gasteiger partial charge on any atom is 0.331 e. The van der Waals surface area contributed by atoms with E-state index in [1.165, 1.54) is 19.3 Å². The van der Waals surface area contributed by atoms with Crippen LogP contribution in [-0.2, 0) is 23.9 Å². The molecule has 0 radical (unpaired) electrons. The maximum absolute atomic E-state index is 12.4. The Labute approximate surface area is 167 Å². The van der Waals surface area contributed by atoms with E-state index in [9.17, 15) is 9.59 Å². The number of carbonyl (C=O) groups is 2. The molecule has 6 nitrogen and oxygen atoms in total. The molecule has 2 atom stereocenters. The van der Waals surface area contributed by atoms with Crippen LogP contribution < -0.4 is 5.48 Å². The third-order valence-electron chi connectivity index (χ3n) is 6.10. The molecule has 0 amide bonds. The molecule has 0 aromatic carbocycles. The fourth-order valence-corrected chi connectivity index (χ4v) is 5.47. The molecule has 4 bridgehead atoms. The van der Waals surface area contributed by atoms with E-state index in [4.69, 9.17) is 14.3 Å². The standard InChI is InChI=1S/C20H33NO5S/c1-12(2)24-18(25-19(23)13(3)11-27)7-17(22)26-21-20-8-14-4-15(9-20)6-16(5-14)10-20/h12-16,18,21,27H,4-11H2,1-3H3/t13-,14?,15?,16?,18+,20?/m1/s1. The fraction of sp³-hybridized carbons (Fsp3) is 0.900. The van der Waals surface area contributed by atoms with Gasteiger partial charge in [0.1, 0.15) is 6.42 Å². The lowest BCUT2D eigenvalue weighted by Crippen LogP contribution is -2.58. The van der Waals surface area contributed by atoms with Crippen LogP contribution in [0.2, 0.25) is 0 Å². The highest BCUT2D eigenvalue weighted by Gasteiger charge is 2.51. The number of hydrogen-bond donors (Lipinski definition) is 2. The molecule has 0 aliphatic heterocycles. The minimum Gasteiger partial charge on any atom is -0.435 e. The van der Waals surface area contributed by atoms with E-state index in [1.807, 2.05) is 13.8 Å². The lowest BCUT2D eigenvalue weighted by atomic mass is 9.53. The van der Waals surface area contributed by atoms with Gasteiger partial charge in [0.05, 0.1) is 17.6 Å². The van der Waals surface area contributed by atoms with Crippen LogP contribution in [0.15, 0.2) is 0 Å². The summed E-state index contributed by atoms with van der Waals surface area (Å²) >= 11 is 4.11. The van der Waals surface area contributed by atoms with Gasteiger partial charge in [-0.1, -0.05) is 6.92 Å². The molecule has 4 fully saturated rings. The van der Waals surface area contributed by atoms with Gasteiger partial charge in [0.15, 0.2) is 0 Å². The Balaban J connectivity index is 1.51. The summed E-state index contributed by atoms with van der Waals surface area (Å²) in [4.78, 5) is 29.8. The van der Waals surface area contributed by atoms with Crippen LogP contribution in [0.5, 0.6) is 0 Å². The Morgan fingerprint density at radius 3 is 2.11 bits per heavy atom. The van der Waals surface area contributed by atoms with E-state index in [1.54, 1.807) is 6.92 Å². The predicted octanol–water partition coefficient (Wildman–Crippen LogP) is 3.25. The van der Waals surface area contributed by atoms with Crippen molar-refractivity contribution in [2.45, 2.75) is 83.6 Å². The summed E-state index contributed by atoms with van der Waals surface area (Å²) in [7, 11) is 0. The molecule has 0 unspecified atom stereocenters. The quantitative estimate of drug-likeness (QED) is 0.268. The zero-order valence-electron chi connectivity index (χ0n) is 16.6. The van der Waals surface area contributed by atoms with Gasteiger partial charge in [-0.25, -0.2) is 0 Å². The highest BCUT2D eigenvalue weighted by Crippen LogP contribution is 2.55. The Kier molecular flexibility index (Phi) is 6.75. The summed E-state index contributed by atoms with van der Waals surface area (Å²) in [6.07, 6.45) is 6.03. The second-order valence-corrected chi connectivity index (χ2v) is 9.48. The van der Waals surface area contributed by atoms with Crippen LogP contribution in [0.25, 0.3) is 0 Å². The average molecular weight is 400 g/mol. The van der Waals surface area contributed by atoms with Crippen molar-refractivity contribution in [1.82, 2.24) is 5.48 Å². The van der Waals surface area contributed by atoms with Gasteiger partial charge in [0.2, 0.25) is 6.29 Å². The molecule has 4 saturated carbocycles. The molecule has 0 aromatic rings. The van der Waals surface area contributed by atoms with Crippen LogP contribution >= 0.6 is 12.6 Å². The first-order valence-corrected chi connectivity index (χ1v) is 10.9. The van der Waals surface area contributed by atoms with Crippen molar-refractivity contribution in [3.8, 4) is 0 Å². The van der Waals surface area contributed by atoms with Crippen molar-refractivity contribution in [3.63, 3.8) is 0 Å². The molecule has 4 aliphatic carbocycles. The smallest absolute Gasteiger partial charge is 0.331 e. The summed E-state index contributed by atoms with van der Waals surface area (Å²) in [5.41, 5.74) is 3.06. The van der Waals surface area contributed by atoms with Gasteiger partial charge in [-0.3, -0.25) is 9.59 Å². The number of hydrogen-bond acceptors (Lipinski definition) is 7. The largest absolute Gasteiger partial charge is 0.435 e. The highest BCUT2D eigenvalue weighted by atomic mass is 32.1. The minimum atomic E-state index is -0.939. The lowest BCUT2D eigenvalue weighted by molar-refractivity contribution is -0.200. The van der Waals surface area contributed by atoms with E-state index >= 15 is 0 Å². The number of nitrogens with one attached hydrogen (secondary N) is 1. The molecule has 27 heavy (non-hydrogen) atoms. The van der Waals surface area contributed by atoms with Crippen LogP contribution in [0, 0.1) is 23.7 Å². The summed E-state index contributed by atoms with van der Waals surface area (Å²) < 4.78 is 10.9. The Bertz CT molecular complexity index is 517. The molecule has 0 aromatic heterocycles. The van der Waals surface area contributed by atoms with Crippen molar-refractivity contribution < 1.29 is 23.9 Å². The van der Waals surface area contributed by atoms with Crippen LogP contribution in [0.1, 0.15) is 65.7 Å². The highest BCUT2D eigenvalue weighted by molar-refractivity contribution is 7.80. The van der Waals surface area contributed by atoms with Crippen molar-refractivity contribution in [3.05, 3.63) is 0 Å². The van der Waals surface area contributed by atoms with Crippen molar-refractivity contribution in [2.24, 2.45) is 23.7 Å². The molecule has 0 heterocycles. The van der Waals surface area contributed by atoms with Gasteiger partial charge in [-0.15, -0.1) is 5.48 Å². The van der Waals surface area contributed by atoms with E-state index in [2.05, 4.69) is 18.1 Å². The SMILES string of the molecule is CC(C)O[C@H](CC(=O)ONC12CC3CC(CC(C3)C1)C2)OC(=O)[C@H](C)CS. The molecular weight excluding hydrogens is 366 g/mol. The zero-order valence-corrected chi connectivity index (χ0v) is 17.5. The Morgan fingerprint density at radius 2 is 1.63 bits per heavy atom. The first-order valence-electron chi connectivity index (χ1n) is 10.2. The van der Waals surface area contributed by atoms with E-state index in [0.717, 1.165) is 37.0 Å². The molecule has 4 rings (SSSR count). The van der Waals surface area contributed by atoms with E-state index in [-0.39, 0.29) is 24.0 Å². The van der Waals surface area contributed by atoms with E-state index in [0.29, 0.717) is 5.75 Å². The monoisotopic (exact) mass is 399 g/mol. The first kappa shape index (κ1) is 20.9. The van der Waals surface area contributed by atoms with Gasteiger partial charge < -0.3 is 14.3 Å². The summed E-state index contributed by atoms with van der Waals surface area (Å²) in [6, 6.07) is 0. The summed E-state index contributed by atoms with van der Waals surface area (Å²) in [6.45, 7) is 5.40. The number of ether oxygens (including phenoxy) is 2. The molecule has 154 valence electrons. The van der Waals surface area contributed by atoms with Crippen molar-refractivity contribution in [2.75, 3.05) is 5.75 Å². The third kappa shape index (κ3) is 5.39. The number of esters is 1. The van der Waals surface area contributed by atoms with Crippen LogP contribution in [0.3, 0.4) is 0 Å². The lowest BCUT2D eigenvalue weighted by Gasteiger charge is -2.56. The van der Waals surface area contributed by atoms with E-state index < -0.39 is 18.2 Å². The average Bonchev–Trinajstić information content (AvgIpc) is 2.57. The molecule has 0 saturated heterocycles. The number of rotatable bonds is 9. The minimum absolute atomic E-state index is 0.0595. The second-order valence-electron chi connectivity index (χ2n) is 9.11. The van der Waals surface area contributed by atoms with Gasteiger partial charge in [-0.05, 0) is 70.1 Å². The normalized spacial score (nSPS) is 33.7. The van der Waals surface area contributed by atoms with Crippen LogP contribution in [0.4, 0.5) is 0 Å². The van der Waals surface area contributed by atoms with Crippen LogP contribution in [-0.4, -0.2) is 35.6 Å². The van der Waals surface area contributed by atoms with Gasteiger partial charge in [-0.2, -0.15) is 12.6 Å². The fourth-order valence-electron chi connectivity index (χ4n) is 5.32. The number of hydroxylamine groups is 1. The Morgan fingerprint density at radius 1 is 1.07 bits per heavy atom. The number of carbonyl (C=O) groups excluding carboxylic acids is 2. The Hall–Kier alpha value is -0.790. The van der Waals surface area contributed by atoms with Crippen molar-refractivity contribution in [1.29, 1.82) is 0 Å². The molecule has 7 heteroatoms. The zero-order chi connectivity index (χ0) is 19.6. The number of thiol groups is 1. The molecule has 0 spiro atoms.